The van der Waals surface area contributed by atoms with Crippen LogP contribution < -0.4 is 10.6 Å². The van der Waals surface area contributed by atoms with E-state index < -0.39 is 0 Å². The number of hydrogen-bond acceptors (Lipinski definition) is 6. The summed E-state index contributed by atoms with van der Waals surface area (Å²) in [6.45, 7) is 2.30. The Morgan fingerprint density at radius 1 is 1.38 bits per heavy atom. The fourth-order valence-corrected chi connectivity index (χ4v) is 5.80. The highest BCUT2D eigenvalue weighted by Gasteiger charge is 2.45. The number of likely N-dealkylation sites (tertiary alicyclic amines) is 1. The van der Waals surface area contributed by atoms with E-state index in [4.69, 9.17) is 9.84 Å². The van der Waals surface area contributed by atoms with Crippen LogP contribution in [0, 0.1) is 11.3 Å². The normalized spacial score (nSPS) is 31.2. The van der Waals surface area contributed by atoms with Crippen LogP contribution in [-0.2, 0) is 16.1 Å². The maximum atomic E-state index is 13.4. The van der Waals surface area contributed by atoms with Crippen molar-refractivity contribution >= 4 is 11.6 Å². The van der Waals surface area contributed by atoms with Gasteiger partial charge in [0.05, 0.1) is 44.1 Å². The first-order chi connectivity index (χ1) is 15.6. The second kappa shape index (κ2) is 8.65. The lowest BCUT2D eigenvalue weighted by molar-refractivity contribution is -0.127. The zero-order valence-corrected chi connectivity index (χ0v) is 18.7. The number of hydrogen-bond donors (Lipinski definition) is 3. The quantitative estimate of drug-likeness (QED) is 0.628. The Balaban J connectivity index is 1.17. The molecule has 1 saturated carbocycles. The molecule has 2 aliphatic heterocycles. The number of aliphatic hydroxyl groups excluding tert-OH is 1. The molecule has 8 heteroatoms. The minimum atomic E-state index is -0.0271. The van der Waals surface area contributed by atoms with Gasteiger partial charge in [-0.05, 0) is 43.6 Å². The van der Waals surface area contributed by atoms with Crippen LogP contribution in [0.5, 0.6) is 0 Å². The van der Waals surface area contributed by atoms with E-state index in [1.165, 1.54) is 0 Å². The predicted octanol–water partition coefficient (Wildman–Crippen LogP) is 2.02. The number of carbonyl (C=O) groups excluding carboxylic acids is 1. The van der Waals surface area contributed by atoms with Crippen LogP contribution in [-0.4, -0.2) is 64.6 Å². The highest BCUT2D eigenvalue weighted by molar-refractivity contribution is 5.95. The summed E-state index contributed by atoms with van der Waals surface area (Å²) in [5.74, 6) is 0.974. The van der Waals surface area contributed by atoms with E-state index in [9.17, 15) is 4.79 Å². The van der Waals surface area contributed by atoms with E-state index in [1.807, 2.05) is 30.7 Å². The molecule has 32 heavy (non-hydrogen) atoms. The van der Waals surface area contributed by atoms with E-state index in [-0.39, 0.29) is 29.9 Å². The standard InChI is InChI=1S/C24H33N5O3/c1-32-21-4-2-3-20-22(21)19(14-25-20)23(31)28-10-9-24(16-28)7-5-17(6-8-24)27-18-13-26-29(15-18)11-12-30/h2-4,13-15,17,20,22,25,27,30H,5-12,16H2,1H3. The van der Waals surface area contributed by atoms with Gasteiger partial charge in [0, 0.05) is 37.1 Å². The zero-order chi connectivity index (χ0) is 22.1. The van der Waals surface area contributed by atoms with Crippen molar-refractivity contribution in [1.29, 1.82) is 0 Å². The lowest BCUT2D eigenvalue weighted by atomic mass is 9.72. The Morgan fingerprint density at radius 2 is 2.22 bits per heavy atom. The van der Waals surface area contributed by atoms with Crippen LogP contribution in [0.2, 0.25) is 0 Å². The highest BCUT2D eigenvalue weighted by atomic mass is 16.5. The van der Waals surface area contributed by atoms with Crippen molar-refractivity contribution in [2.24, 2.45) is 11.3 Å². The molecule has 1 aromatic heterocycles. The number of aromatic nitrogens is 2. The van der Waals surface area contributed by atoms with E-state index in [1.54, 1.807) is 11.8 Å². The maximum Gasteiger partial charge on any atom is 0.252 e. The van der Waals surface area contributed by atoms with Crippen LogP contribution in [0.1, 0.15) is 32.1 Å². The van der Waals surface area contributed by atoms with Crippen molar-refractivity contribution in [3.8, 4) is 0 Å². The maximum absolute atomic E-state index is 13.4. The number of fused-ring (bicyclic) bond motifs is 1. The fourth-order valence-electron chi connectivity index (χ4n) is 5.80. The van der Waals surface area contributed by atoms with Gasteiger partial charge < -0.3 is 25.4 Å². The first-order valence-corrected chi connectivity index (χ1v) is 11.7. The van der Waals surface area contributed by atoms with Crippen molar-refractivity contribution in [3.63, 3.8) is 0 Å². The number of rotatable bonds is 6. The Bertz CT molecular complexity index is 941. The summed E-state index contributed by atoms with van der Waals surface area (Å²) in [6, 6.07) is 0.539. The van der Waals surface area contributed by atoms with Crippen molar-refractivity contribution in [2.75, 3.05) is 32.1 Å². The third-order valence-corrected chi connectivity index (χ3v) is 7.60. The molecule has 0 aromatic carbocycles. The van der Waals surface area contributed by atoms with Gasteiger partial charge in [0.25, 0.3) is 5.91 Å². The Morgan fingerprint density at radius 3 is 3.00 bits per heavy atom. The van der Waals surface area contributed by atoms with Crippen LogP contribution >= 0.6 is 0 Å². The zero-order valence-electron chi connectivity index (χ0n) is 18.7. The van der Waals surface area contributed by atoms with Crippen LogP contribution in [0.3, 0.4) is 0 Å². The third-order valence-electron chi connectivity index (χ3n) is 7.60. The SMILES string of the molecule is COC1=CC=CC2NC=C(C(=O)N3CCC4(CCC(Nc5cnn(CCO)c5)CC4)C3)C12. The lowest BCUT2D eigenvalue weighted by Gasteiger charge is -2.37. The smallest absolute Gasteiger partial charge is 0.252 e. The first-order valence-electron chi connectivity index (χ1n) is 11.7. The molecule has 2 unspecified atom stereocenters. The fraction of sp³-hybridized carbons (Fsp3) is 0.583. The second-order valence-electron chi connectivity index (χ2n) is 9.54. The highest BCUT2D eigenvalue weighted by Crippen LogP contribution is 2.45. The average Bonchev–Trinajstić information content (AvgIpc) is 3.54. The number of anilines is 1. The summed E-state index contributed by atoms with van der Waals surface area (Å²) in [6.07, 6.45) is 17.3. The molecule has 3 heterocycles. The van der Waals surface area contributed by atoms with Crippen LogP contribution in [0.4, 0.5) is 5.69 Å². The second-order valence-corrected chi connectivity index (χ2v) is 9.54. The largest absolute Gasteiger partial charge is 0.500 e. The van der Waals surface area contributed by atoms with E-state index in [0.29, 0.717) is 12.6 Å². The number of nitrogens with zero attached hydrogens (tertiary/aromatic N) is 3. The van der Waals surface area contributed by atoms with Gasteiger partial charge >= 0.3 is 0 Å². The Labute approximate surface area is 189 Å². The molecular weight excluding hydrogens is 406 g/mol. The van der Waals surface area contributed by atoms with Crippen molar-refractivity contribution in [2.45, 2.75) is 50.7 Å². The van der Waals surface area contributed by atoms with Crippen molar-refractivity contribution < 1.29 is 14.6 Å². The van der Waals surface area contributed by atoms with Gasteiger partial charge in [0.15, 0.2) is 0 Å². The van der Waals surface area contributed by atoms with Crippen LogP contribution in [0.15, 0.2) is 48.2 Å². The van der Waals surface area contributed by atoms with Crippen molar-refractivity contribution in [3.05, 3.63) is 48.2 Å². The minimum absolute atomic E-state index is 0.0271. The lowest BCUT2D eigenvalue weighted by Crippen LogP contribution is -2.39. The first kappa shape index (κ1) is 21.1. The molecule has 8 nitrogen and oxygen atoms in total. The van der Waals surface area contributed by atoms with Crippen LogP contribution in [0.25, 0.3) is 0 Å². The number of methoxy groups -OCH3 is 1. The van der Waals surface area contributed by atoms with E-state index in [0.717, 1.165) is 62.2 Å². The van der Waals surface area contributed by atoms with E-state index in [2.05, 4.69) is 26.7 Å². The summed E-state index contributed by atoms with van der Waals surface area (Å²) >= 11 is 0. The summed E-state index contributed by atoms with van der Waals surface area (Å²) < 4.78 is 7.33. The summed E-state index contributed by atoms with van der Waals surface area (Å²) in [5.41, 5.74) is 2.08. The molecule has 1 saturated heterocycles. The molecule has 4 aliphatic rings. The van der Waals surface area contributed by atoms with Gasteiger partial charge in [-0.2, -0.15) is 5.10 Å². The molecular formula is C24H33N5O3. The van der Waals surface area contributed by atoms with Gasteiger partial charge in [-0.1, -0.05) is 12.2 Å². The van der Waals surface area contributed by atoms with Gasteiger partial charge in [0.2, 0.25) is 0 Å². The average molecular weight is 440 g/mol. The molecule has 5 rings (SSSR count). The molecule has 2 atom stereocenters. The molecule has 1 aromatic rings. The summed E-state index contributed by atoms with van der Waals surface area (Å²) in [5, 5.41) is 20.3. The number of carbonyl (C=O) groups is 1. The number of aliphatic hydroxyl groups is 1. The molecule has 172 valence electrons. The Hall–Kier alpha value is -2.74. The Kier molecular flexibility index (Phi) is 5.71. The topological polar surface area (TPSA) is 91.7 Å². The molecule has 0 radical (unpaired) electrons. The monoisotopic (exact) mass is 439 g/mol. The van der Waals surface area contributed by atoms with Gasteiger partial charge in [0.1, 0.15) is 5.76 Å². The predicted molar refractivity (Wildman–Crippen MR) is 122 cm³/mol. The summed E-state index contributed by atoms with van der Waals surface area (Å²) in [4.78, 5) is 15.5. The van der Waals surface area contributed by atoms with Gasteiger partial charge in [-0.3, -0.25) is 9.48 Å². The van der Waals surface area contributed by atoms with Gasteiger partial charge in [-0.15, -0.1) is 0 Å². The molecule has 0 bridgehead atoms. The molecule has 1 spiro atoms. The van der Waals surface area contributed by atoms with Crippen molar-refractivity contribution in [1.82, 2.24) is 20.0 Å². The molecule has 3 N–H and O–H groups in total. The number of ether oxygens (including phenoxy) is 1. The van der Waals surface area contributed by atoms with E-state index >= 15 is 0 Å². The minimum Gasteiger partial charge on any atom is -0.500 e. The molecule has 1 amide bonds. The number of nitrogens with one attached hydrogen (secondary N) is 2. The molecule has 2 aliphatic carbocycles. The third kappa shape index (κ3) is 3.92. The number of amides is 1. The molecule has 2 fully saturated rings. The number of allylic oxidation sites excluding steroid dienone is 2. The van der Waals surface area contributed by atoms with Gasteiger partial charge in [-0.25, -0.2) is 0 Å². The summed E-state index contributed by atoms with van der Waals surface area (Å²) in [7, 11) is 1.68.